The number of hydrogen-bond donors (Lipinski definition) is 3. The second kappa shape index (κ2) is 13.5. The lowest BCUT2D eigenvalue weighted by molar-refractivity contribution is -0.129. The van der Waals surface area contributed by atoms with Crippen LogP contribution in [0.2, 0.25) is 0 Å². The third-order valence-corrected chi connectivity index (χ3v) is 4.76. The van der Waals surface area contributed by atoms with E-state index in [-0.39, 0.29) is 50.4 Å². The van der Waals surface area contributed by atoms with E-state index in [1.807, 2.05) is 0 Å². The van der Waals surface area contributed by atoms with Crippen molar-refractivity contribution >= 4 is 53.0 Å². The molecule has 0 aliphatic carbocycles. The lowest BCUT2D eigenvalue weighted by atomic mass is 10.8. The Morgan fingerprint density at radius 3 is 1.15 bits per heavy atom. The number of carbonyl (C=O) groups excluding carboxylic acids is 3. The summed E-state index contributed by atoms with van der Waals surface area (Å²) in [6.45, 7) is 0. The predicted molar refractivity (Wildman–Crippen MR) is 97.5 cm³/mol. The molecule has 0 aromatic carbocycles. The minimum absolute atomic E-state index is 0.0143. The zero-order valence-electron chi connectivity index (χ0n) is 14.6. The number of nitrogens with one attached hydrogen (secondary N) is 3. The number of thioether (sulfide) groups is 3. The topological polar surface area (TPSA) is 154 Å². The van der Waals surface area contributed by atoms with E-state index in [1.54, 1.807) is 0 Å². The SMILES string of the molecule is CONC(=O)CSc1nc(SCC(=O)NOC)nc(SCC(=O)NOC)n1. The Kier molecular flexibility index (Phi) is 11.7. The monoisotopic (exact) mass is 438 g/mol. The highest BCUT2D eigenvalue weighted by atomic mass is 32.2. The molecule has 27 heavy (non-hydrogen) atoms. The molecular weight excluding hydrogens is 420 g/mol. The molecule has 1 rings (SSSR count). The number of nitrogens with zero attached hydrogens (tertiary/aromatic N) is 3. The summed E-state index contributed by atoms with van der Waals surface area (Å²) in [4.78, 5) is 60.6. The van der Waals surface area contributed by atoms with Crippen LogP contribution in [0.3, 0.4) is 0 Å². The van der Waals surface area contributed by atoms with E-state index in [1.165, 1.54) is 21.3 Å². The van der Waals surface area contributed by atoms with Crippen LogP contribution in [-0.2, 0) is 28.9 Å². The molecular formula is C12H18N6O6S3. The van der Waals surface area contributed by atoms with Crippen LogP contribution in [0, 0.1) is 0 Å². The van der Waals surface area contributed by atoms with E-state index in [9.17, 15) is 14.4 Å². The molecule has 0 radical (unpaired) electrons. The largest absolute Gasteiger partial charge is 0.277 e. The van der Waals surface area contributed by atoms with Crippen LogP contribution in [-0.4, -0.2) is 71.3 Å². The summed E-state index contributed by atoms with van der Waals surface area (Å²) in [5, 5.41) is 0.793. The van der Waals surface area contributed by atoms with Crippen molar-refractivity contribution in [1.82, 2.24) is 31.4 Å². The maximum atomic E-state index is 11.5. The molecule has 150 valence electrons. The molecule has 1 aromatic rings. The minimum atomic E-state index is -0.370. The number of amides is 3. The summed E-state index contributed by atoms with van der Waals surface area (Å²) < 4.78 is 0. The first-order valence-electron chi connectivity index (χ1n) is 7.08. The van der Waals surface area contributed by atoms with Gasteiger partial charge in [-0.1, -0.05) is 35.3 Å². The Morgan fingerprint density at radius 1 is 0.667 bits per heavy atom. The van der Waals surface area contributed by atoms with E-state index in [0.717, 1.165) is 35.3 Å². The van der Waals surface area contributed by atoms with Crippen LogP contribution in [0.25, 0.3) is 0 Å². The van der Waals surface area contributed by atoms with Gasteiger partial charge in [-0.3, -0.25) is 28.9 Å². The van der Waals surface area contributed by atoms with Gasteiger partial charge in [0.15, 0.2) is 15.5 Å². The van der Waals surface area contributed by atoms with Crippen molar-refractivity contribution in [2.75, 3.05) is 38.6 Å². The molecule has 0 aliphatic heterocycles. The molecule has 0 unspecified atom stereocenters. The number of hydrogen-bond acceptors (Lipinski definition) is 12. The normalized spacial score (nSPS) is 10.3. The standard InChI is InChI=1S/C12H18N6O6S3/c1-22-16-7(19)4-25-10-13-11(26-5-8(20)17-23-2)15-12(14-10)27-6-9(21)18-24-3/h4-6H2,1-3H3,(H,16,19)(H,17,20)(H,18,21). The zero-order valence-corrected chi connectivity index (χ0v) is 17.1. The van der Waals surface area contributed by atoms with Gasteiger partial charge in [0.1, 0.15) is 0 Å². The third-order valence-electron chi connectivity index (χ3n) is 2.22. The van der Waals surface area contributed by atoms with Crippen LogP contribution in [0.5, 0.6) is 0 Å². The van der Waals surface area contributed by atoms with Crippen molar-refractivity contribution in [3.05, 3.63) is 0 Å². The number of rotatable bonds is 12. The maximum Gasteiger partial charge on any atom is 0.253 e. The molecule has 0 saturated carbocycles. The van der Waals surface area contributed by atoms with Crippen LogP contribution < -0.4 is 16.4 Å². The summed E-state index contributed by atoms with van der Waals surface area (Å²) in [6, 6.07) is 0. The van der Waals surface area contributed by atoms with E-state index < -0.39 is 0 Å². The highest BCUT2D eigenvalue weighted by Crippen LogP contribution is 2.22. The van der Waals surface area contributed by atoms with Gasteiger partial charge >= 0.3 is 0 Å². The maximum absolute atomic E-state index is 11.5. The summed E-state index contributed by atoms with van der Waals surface area (Å²) >= 11 is 3.16. The van der Waals surface area contributed by atoms with Crippen molar-refractivity contribution in [2.45, 2.75) is 15.5 Å². The first kappa shape index (κ1) is 23.4. The van der Waals surface area contributed by atoms with Gasteiger partial charge in [0.2, 0.25) is 0 Å². The molecule has 0 saturated heterocycles. The molecule has 0 spiro atoms. The minimum Gasteiger partial charge on any atom is -0.277 e. The average molecular weight is 439 g/mol. The smallest absolute Gasteiger partial charge is 0.253 e. The Labute approximate surface area is 167 Å². The van der Waals surface area contributed by atoms with Crippen LogP contribution in [0.15, 0.2) is 15.5 Å². The van der Waals surface area contributed by atoms with Gasteiger partial charge in [-0.15, -0.1) is 0 Å². The molecule has 3 N–H and O–H groups in total. The van der Waals surface area contributed by atoms with Crippen LogP contribution in [0.4, 0.5) is 0 Å². The van der Waals surface area contributed by atoms with Crippen molar-refractivity contribution < 1.29 is 28.9 Å². The van der Waals surface area contributed by atoms with Crippen molar-refractivity contribution in [3.8, 4) is 0 Å². The van der Waals surface area contributed by atoms with Crippen molar-refractivity contribution in [1.29, 1.82) is 0 Å². The van der Waals surface area contributed by atoms with E-state index in [4.69, 9.17) is 0 Å². The number of carbonyl (C=O) groups is 3. The molecule has 1 heterocycles. The Balaban J connectivity index is 2.81. The first-order chi connectivity index (χ1) is 13.0. The quantitative estimate of drug-likeness (QED) is 0.276. The van der Waals surface area contributed by atoms with Crippen molar-refractivity contribution in [3.63, 3.8) is 0 Å². The number of hydroxylamine groups is 3. The molecule has 0 atom stereocenters. The average Bonchev–Trinajstić information content (AvgIpc) is 2.64. The Hall–Kier alpha value is -1.65. The molecule has 15 heteroatoms. The number of aromatic nitrogens is 3. The van der Waals surface area contributed by atoms with Crippen LogP contribution in [0.1, 0.15) is 0 Å². The zero-order chi connectivity index (χ0) is 20.1. The highest BCUT2D eigenvalue weighted by Gasteiger charge is 2.13. The molecule has 0 aliphatic rings. The summed E-state index contributed by atoms with van der Waals surface area (Å²) in [5.74, 6) is -1.07. The lowest BCUT2D eigenvalue weighted by Gasteiger charge is -2.07. The van der Waals surface area contributed by atoms with Gasteiger partial charge in [0.05, 0.1) is 38.6 Å². The summed E-state index contributed by atoms with van der Waals surface area (Å²) in [6.07, 6.45) is 0. The molecule has 1 aromatic heterocycles. The van der Waals surface area contributed by atoms with Gasteiger partial charge in [0, 0.05) is 0 Å². The summed E-state index contributed by atoms with van der Waals surface area (Å²) in [5.41, 5.74) is 6.53. The van der Waals surface area contributed by atoms with Crippen LogP contribution >= 0.6 is 35.3 Å². The van der Waals surface area contributed by atoms with E-state index in [0.29, 0.717) is 0 Å². The summed E-state index contributed by atoms with van der Waals surface area (Å²) in [7, 11) is 3.97. The fraction of sp³-hybridized carbons (Fsp3) is 0.500. The predicted octanol–water partition coefficient (Wildman–Crippen LogP) is -0.819. The second-order valence-electron chi connectivity index (χ2n) is 4.24. The fourth-order valence-corrected chi connectivity index (χ4v) is 3.37. The molecule has 0 bridgehead atoms. The third kappa shape index (κ3) is 10.3. The highest BCUT2D eigenvalue weighted by molar-refractivity contribution is 8.01. The second-order valence-corrected chi connectivity index (χ2v) is 7.06. The van der Waals surface area contributed by atoms with Crippen molar-refractivity contribution in [2.24, 2.45) is 0 Å². The molecule has 0 fully saturated rings. The molecule has 12 nitrogen and oxygen atoms in total. The van der Waals surface area contributed by atoms with Gasteiger partial charge < -0.3 is 0 Å². The van der Waals surface area contributed by atoms with Gasteiger partial charge in [-0.2, -0.15) is 15.0 Å². The molecule has 3 amide bonds. The van der Waals surface area contributed by atoms with Gasteiger partial charge in [-0.05, 0) is 0 Å². The van der Waals surface area contributed by atoms with Gasteiger partial charge in [-0.25, -0.2) is 16.4 Å². The first-order valence-corrected chi connectivity index (χ1v) is 10.0. The van der Waals surface area contributed by atoms with E-state index in [2.05, 4.69) is 45.9 Å². The van der Waals surface area contributed by atoms with Gasteiger partial charge in [0.25, 0.3) is 17.7 Å². The Bertz CT molecular complexity index is 554. The van der Waals surface area contributed by atoms with E-state index >= 15 is 0 Å². The lowest BCUT2D eigenvalue weighted by Crippen LogP contribution is -2.24. The Morgan fingerprint density at radius 2 is 0.926 bits per heavy atom. The fourth-order valence-electron chi connectivity index (χ4n) is 1.33.